The number of carbonyl (C=O) groups excluding carboxylic acids is 3. The number of nitrogens with zero attached hydrogens (tertiary/aromatic N) is 5. The molecule has 4 unspecified atom stereocenters. The smallest absolute Gasteiger partial charge is 1.00 e. The first kappa shape index (κ1) is 75.0. The van der Waals surface area contributed by atoms with E-state index in [0.29, 0.717) is 48.0 Å². The van der Waals surface area contributed by atoms with Crippen molar-refractivity contribution in [2.45, 2.75) is 109 Å². The molecule has 484 valence electrons. The topological polar surface area (TPSA) is 292 Å². The maximum atomic E-state index is 12.5. The molecular weight excluding hydrogens is 1260 g/mol. The van der Waals surface area contributed by atoms with Gasteiger partial charge in [0.05, 0.1) is 50.8 Å². The van der Waals surface area contributed by atoms with Gasteiger partial charge in [-0.3, -0.25) is 29.7 Å². The fraction of sp³-hybridized carbons (Fsp3) is 0.524. The van der Waals surface area contributed by atoms with Gasteiger partial charge in [-0.2, -0.15) is 0 Å². The standard InChI is InChI=1S/C22H34NO.C18H21NO3.C13H17N3O4S.C10H14N2O3.BrH.Na.H3O4P/c1-5-23(4,6-2)14-15-24-22(3,20-10-8-7-9-11-20)21-17-18-12-13-19(21)16-18;1-19-8-7-18-11-4-5-13(20)17(18)22-16-14(21-2)6-3-10(15(16)18)9-12(11)19;1-10-12(14(2)9-21(18,19)20)13(17)16(15(10)3)11-7-5-4-6-8-11;1-3-5-6-10(4-2)7(13)11-9(15)12-8(10)14;;;1-5(2,3)4/h7-13,18-19,21H,5-6,14-17H2,1-4H3;3-6,11-13,17,20H,7-9H2,1-2H3;4-8H,9H2,1-3H3,(H,18,19,20);3,5H,4,6H2,1-2H3,(H2,11,12,13,14,15);1H;;(H3,1,2,3,4)/q+1;;;;;+1;/p-2/b;;;5-3+;;;/t;11-,12+,13-,17-,18-;;;;;/m.0...../s1. The minimum absolute atomic E-state index is 0. The van der Waals surface area contributed by atoms with Crippen LogP contribution in [0.3, 0.4) is 0 Å². The molecular formula is C63H88BrN7NaO15PS. The molecule has 89 heavy (non-hydrogen) atoms. The van der Waals surface area contributed by atoms with E-state index in [1.165, 1.54) is 59.3 Å². The molecule has 4 aliphatic carbocycles. The number of aromatic nitrogens is 2. The number of nitrogens with one attached hydrogen (secondary N) is 2. The summed E-state index contributed by atoms with van der Waals surface area (Å²) in [6, 6.07) is 23.9. The van der Waals surface area contributed by atoms with E-state index in [9.17, 15) is 37.3 Å². The zero-order chi connectivity index (χ0) is 64.0. The number of imide groups is 2. The molecule has 3 fully saturated rings. The average molecular weight is 1350 g/mol. The molecule has 0 radical (unpaired) electrons. The summed E-state index contributed by atoms with van der Waals surface area (Å²) in [5.74, 6) is 2.39. The Balaban J connectivity index is 0.000000211. The summed E-state index contributed by atoms with van der Waals surface area (Å²) in [6.45, 7) is 17.5. The first-order valence-electron chi connectivity index (χ1n) is 29.7. The van der Waals surface area contributed by atoms with Gasteiger partial charge in [0, 0.05) is 37.0 Å². The second-order valence-corrected chi connectivity index (χ2v) is 26.5. The molecule has 26 heteroatoms. The third kappa shape index (κ3) is 16.4. The van der Waals surface area contributed by atoms with Crippen LogP contribution in [0.2, 0.25) is 0 Å². The molecule has 9 atom stereocenters. The molecule has 1 aromatic heterocycles. The van der Waals surface area contributed by atoms with Crippen molar-refractivity contribution in [3.05, 3.63) is 142 Å². The van der Waals surface area contributed by atoms with Crippen LogP contribution in [-0.4, -0.2) is 155 Å². The molecule has 3 aromatic carbocycles. The number of aliphatic hydroxyl groups excluding tert-OH is 1. The van der Waals surface area contributed by atoms with Crippen molar-refractivity contribution in [1.82, 2.24) is 24.9 Å². The van der Waals surface area contributed by atoms with Crippen molar-refractivity contribution < 1.29 is 117 Å². The molecule has 4 bridgehead atoms. The number of urea groups is 1. The molecule has 2 saturated heterocycles. The summed E-state index contributed by atoms with van der Waals surface area (Å²) in [5, 5.41) is 14.8. The van der Waals surface area contributed by atoms with Crippen LogP contribution < -0.4 is 77.1 Å². The average Bonchev–Trinajstić information content (AvgIpc) is 1.66. The van der Waals surface area contributed by atoms with E-state index in [1.54, 1.807) is 69.1 Å². The Kier molecular flexibility index (Phi) is 25.9. The van der Waals surface area contributed by atoms with Gasteiger partial charge in [0.2, 0.25) is 11.8 Å². The zero-order valence-corrected chi connectivity index (χ0v) is 58.5. The van der Waals surface area contributed by atoms with Crippen molar-refractivity contribution in [1.29, 1.82) is 0 Å². The number of phosphoric acid groups is 1. The summed E-state index contributed by atoms with van der Waals surface area (Å²) < 4.78 is 64.2. The monoisotopic (exact) mass is 1350 g/mol. The molecule has 22 nitrogen and oxygen atoms in total. The molecule has 6 N–H and O–H groups in total. The maximum Gasteiger partial charge on any atom is 1.00 e. The summed E-state index contributed by atoms with van der Waals surface area (Å²) in [6.07, 6.45) is 17.2. The number of quaternary nitrogens is 1. The first-order chi connectivity index (χ1) is 41.0. The Morgan fingerprint density at radius 3 is 2.07 bits per heavy atom. The number of ether oxygens (including phenoxy) is 3. The number of carbonyl (C=O) groups is 3. The first-order valence-corrected chi connectivity index (χ1v) is 32.8. The summed E-state index contributed by atoms with van der Waals surface area (Å²) in [4.78, 5) is 71.9. The predicted octanol–water partition coefficient (Wildman–Crippen LogP) is 0.336. The Labute approximate surface area is 556 Å². The van der Waals surface area contributed by atoms with Gasteiger partial charge < -0.3 is 69.8 Å². The number of allylic oxidation sites excluding steroid dienone is 4. The van der Waals surface area contributed by atoms with Crippen LogP contribution in [0, 0.1) is 36.0 Å². The van der Waals surface area contributed by atoms with E-state index in [1.807, 2.05) is 25.1 Å². The summed E-state index contributed by atoms with van der Waals surface area (Å²) in [7, 11) is 0.263. The minimum Gasteiger partial charge on any atom is -1.00 e. The van der Waals surface area contributed by atoms with Gasteiger partial charge in [0.1, 0.15) is 45.8 Å². The van der Waals surface area contributed by atoms with Crippen molar-refractivity contribution in [3.63, 3.8) is 0 Å². The molecule has 4 amide bonds. The van der Waals surface area contributed by atoms with E-state index in [0.717, 1.165) is 54.4 Å². The number of rotatable bonds is 16. The van der Waals surface area contributed by atoms with Crippen LogP contribution in [0.4, 0.5) is 10.5 Å². The van der Waals surface area contributed by atoms with Gasteiger partial charge in [-0.05, 0) is 134 Å². The van der Waals surface area contributed by atoms with E-state index in [2.05, 4.69) is 105 Å². The second kappa shape index (κ2) is 30.8. The summed E-state index contributed by atoms with van der Waals surface area (Å²) >= 11 is 0. The Hall–Kier alpha value is -4.76. The Bertz CT molecular complexity index is 3410. The van der Waals surface area contributed by atoms with Crippen molar-refractivity contribution in [2.75, 3.05) is 71.8 Å². The van der Waals surface area contributed by atoms with Crippen LogP contribution in [-0.2, 0) is 53.5 Å². The Morgan fingerprint density at radius 1 is 0.933 bits per heavy atom. The van der Waals surface area contributed by atoms with Crippen molar-refractivity contribution in [3.8, 4) is 17.2 Å². The number of anilines is 1. The van der Waals surface area contributed by atoms with E-state index in [-0.39, 0.29) is 74.9 Å². The van der Waals surface area contributed by atoms with E-state index < -0.39 is 53.2 Å². The number of fused-ring (bicyclic) bond motifs is 2. The SMILES string of the molecule is C/C=C/CC1(CC)C(=O)NC(=O)NC1=O.CC[N+](C)(CC)CCOC(C)(c1ccccc1)C1CC2C=CC1C2.COc1ccc2c3c1O[C@H]1[C@@H](O)C=C[C@H]4[C@@H](C2)N(C)CC[C@@]341.Cc1c(N(C)CS(=O)(=O)[O-])c(=O)n(-c2ccccc2)n1C.O=P(O)(O)O.[Br-].[Na+]. The fourth-order valence-corrected chi connectivity index (χ4v) is 14.4. The van der Waals surface area contributed by atoms with Gasteiger partial charge in [-0.15, -0.1) is 0 Å². The van der Waals surface area contributed by atoms with Crippen molar-refractivity contribution in [2.24, 2.45) is 36.1 Å². The van der Waals surface area contributed by atoms with Crippen LogP contribution in [0.1, 0.15) is 89.1 Å². The number of benzene rings is 3. The zero-order valence-electron chi connectivity index (χ0n) is 53.2. The molecule has 11 rings (SSSR count). The number of likely N-dealkylation sites (N-methyl/N-ethyl adjacent to an activating group) is 2. The van der Waals surface area contributed by atoms with Gasteiger partial charge in [0.25, 0.3) is 5.56 Å². The van der Waals surface area contributed by atoms with E-state index in [4.69, 9.17) is 33.5 Å². The number of hydrogen-bond donors (Lipinski definition) is 6. The molecule has 1 saturated carbocycles. The predicted molar refractivity (Wildman–Crippen MR) is 330 cm³/mol. The molecule has 3 aliphatic heterocycles. The van der Waals surface area contributed by atoms with Crippen LogP contribution in [0.15, 0.2) is 114 Å². The number of barbiturate groups is 1. The number of para-hydroxylation sites is 1. The van der Waals surface area contributed by atoms with Crippen molar-refractivity contribution >= 4 is 41.5 Å². The van der Waals surface area contributed by atoms with Crippen LogP contribution in [0.5, 0.6) is 11.5 Å². The van der Waals surface area contributed by atoms with Gasteiger partial charge in [-0.25, -0.2) is 22.5 Å². The molecule has 4 heterocycles. The Morgan fingerprint density at radius 2 is 1.54 bits per heavy atom. The third-order valence-electron chi connectivity index (χ3n) is 19.1. The van der Waals surface area contributed by atoms with Gasteiger partial charge in [-0.1, -0.05) is 98.0 Å². The number of hydrogen-bond acceptors (Lipinski definition) is 14. The number of aliphatic hydroxyl groups is 1. The van der Waals surface area contributed by atoms with E-state index >= 15 is 0 Å². The second-order valence-electron chi connectivity index (χ2n) is 24.1. The molecule has 4 aromatic rings. The number of halogens is 1. The third-order valence-corrected chi connectivity index (χ3v) is 19.8. The van der Waals surface area contributed by atoms with Crippen LogP contribution in [0.25, 0.3) is 5.69 Å². The normalized spacial score (nSPS) is 24.6. The molecule has 1 spiro atoms. The summed E-state index contributed by atoms with van der Waals surface area (Å²) in [5.41, 5.74) is 3.71. The van der Waals surface area contributed by atoms with Gasteiger partial charge in [0.15, 0.2) is 11.5 Å². The van der Waals surface area contributed by atoms with Gasteiger partial charge >= 0.3 is 43.4 Å². The number of piperidine rings is 1. The fourth-order valence-electron chi connectivity index (χ4n) is 13.8. The minimum atomic E-state index is -4.64. The number of amides is 4. The largest absolute Gasteiger partial charge is 1.00 e. The maximum absolute atomic E-state index is 12.5. The molecule has 7 aliphatic rings. The quantitative estimate of drug-likeness (QED) is 0.0220. The van der Waals surface area contributed by atoms with Crippen LogP contribution >= 0.6 is 7.82 Å². The number of methoxy groups -OCH3 is 1. The number of likely N-dealkylation sites (tertiary alicyclic amines) is 1.